The summed E-state index contributed by atoms with van der Waals surface area (Å²) >= 11 is 0. The fourth-order valence-electron chi connectivity index (χ4n) is 5.22. The molecule has 3 heteroatoms. The van der Waals surface area contributed by atoms with Crippen LogP contribution in [0.25, 0.3) is 0 Å². The molecule has 1 aromatic carbocycles. The highest BCUT2D eigenvalue weighted by Crippen LogP contribution is 2.60. The summed E-state index contributed by atoms with van der Waals surface area (Å²) in [6.07, 6.45) is 6.91. The minimum atomic E-state index is -0.814. The second-order valence-electron chi connectivity index (χ2n) is 7.68. The summed E-state index contributed by atoms with van der Waals surface area (Å²) in [5.41, 5.74) is 0.529. The van der Waals surface area contributed by atoms with E-state index in [4.69, 9.17) is 4.74 Å². The predicted octanol–water partition coefficient (Wildman–Crippen LogP) is 2.83. The van der Waals surface area contributed by atoms with E-state index in [0.717, 1.165) is 12.2 Å². The number of nitrogens with one attached hydrogen (secondary N) is 1. The molecule has 2 aliphatic carbocycles. The van der Waals surface area contributed by atoms with E-state index in [1.807, 2.05) is 37.3 Å². The first kappa shape index (κ1) is 14.7. The van der Waals surface area contributed by atoms with E-state index in [1.54, 1.807) is 0 Å². The summed E-state index contributed by atoms with van der Waals surface area (Å²) in [6, 6.07) is 10.5. The van der Waals surface area contributed by atoms with Gasteiger partial charge in [0.15, 0.2) is 0 Å². The van der Waals surface area contributed by atoms with Crippen molar-refractivity contribution in [2.45, 2.75) is 56.8 Å². The highest BCUT2D eigenvalue weighted by Gasteiger charge is 2.64. The molecule has 4 unspecified atom stereocenters. The van der Waals surface area contributed by atoms with Crippen LogP contribution < -0.4 is 5.32 Å². The van der Waals surface area contributed by atoms with Crippen LogP contribution in [0, 0.1) is 11.3 Å². The van der Waals surface area contributed by atoms with Crippen molar-refractivity contribution in [1.82, 2.24) is 5.32 Å². The van der Waals surface area contributed by atoms with Gasteiger partial charge in [0.2, 0.25) is 0 Å². The number of hydrogen-bond acceptors (Lipinski definition) is 3. The van der Waals surface area contributed by atoms with Gasteiger partial charge in [-0.15, -0.1) is 0 Å². The zero-order valence-corrected chi connectivity index (χ0v) is 13.4. The van der Waals surface area contributed by atoms with E-state index < -0.39 is 5.60 Å². The van der Waals surface area contributed by atoms with Gasteiger partial charge in [-0.3, -0.25) is 0 Å². The van der Waals surface area contributed by atoms with Gasteiger partial charge in [0.05, 0.1) is 11.7 Å². The third kappa shape index (κ3) is 2.14. The number of ether oxygens (including phenoxy) is 1. The molecule has 1 spiro atoms. The molecule has 0 aromatic heterocycles. The van der Waals surface area contributed by atoms with E-state index in [-0.39, 0.29) is 0 Å². The molecule has 3 fully saturated rings. The molecule has 2 N–H and O–H groups in total. The van der Waals surface area contributed by atoms with Gasteiger partial charge in [-0.2, -0.15) is 0 Å². The first-order valence-electron chi connectivity index (χ1n) is 8.76. The second kappa shape index (κ2) is 5.33. The molecule has 22 heavy (non-hydrogen) atoms. The Morgan fingerprint density at radius 1 is 1.27 bits per heavy atom. The minimum absolute atomic E-state index is 0.355. The molecule has 2 saturated carbocycles. The lowest BCUT2D eigenvalue weighted by Crippen LogP contribution is -2.68. The second-order valence-corrected chi connectivity index (χ2v) is 7.68. The van der Waals surface area contributed by atoms with Crippen molar-refractivity contribution in [3.63, 3.8) is 0 Å². The maximum Gasteiger partial charge on any atom is 0.0992 e. The van der Waals surface area contributed by atoms with E-state index in [9.17, 15) is 5.11 Å². The molecular formula is C19H27NO2. The number of hydrogen-bond donors (Lipinski definition) is 2. The van der Waals surface area contributed by atoms with Crippen molar-refractivity contribution in [2.24, 2.45) is 11.3 Å². The van der Waals surface area contributed by atoms with Crippen LogP contribution in [0.1, 0.15) is 44.6 Å². The zero-order chi connectivity index (χ0) is 15.2. The summed E-state index contributed by atoms with van der Waals surface area (Å²) in [7, 11) is 0. The summed E-state index contributed by atoms with van der Waals surface area (Å²) in [4.78, 5) is 0. The lowest BCUT2D eigenvalue weighted by molar-refractivity contribution is -0.134. The van der Waals surface area contributed by atoms with Crippen LogP contribution in [0.2, 0.25) is 0 Å². The monoisotopic (exact) mass is 301 g/mol. The van der Waals surface area contributed by atoms with E-state index in [1.165, 1.54) is 32.1 Å². The fraction of sp³-hybridized carbons (Fsp3) is 0.684. The Morgan fingerprint density at radius 2 is 2.00 bits per heavy atom. The van der Waals surface area contributed by atoms with Crippen molar-refractivity contribution in [3.8, 4) is 0 Å². The largest absolute Gasteiger partial charge is 0.384 e. The average Bonchev–Trinajstić information content (AvgIpc) is 3.16. The summed E-state index contributed by atoms with van der Waals surface area (Å²) in [5.74, 6) is 0.657. The molecule has 4 rings (SSSR count). The molecule has 1 heterocycles. The third-order valence-electron chi connectivity index (χ3n) is 6.35. The van der Waals surface area contributed by atoms with Crippen LogP contribution >= 0.6 is 0 Å². The Balaban J connectivity index is 1.47. The molecule has 1 saturated heterocycles. The maximum atomic E-state index is 10.8. The summed E-state index contributed by atoms with van der Waals surface area (Å²) in [6.45, 7) is 3.45. The van der Waals surface area contributed by atoms with E-state index in [0.29, 0.717) is 30.0 Å². The van der Waals surface area contributed by atoms with Crippen LogP contribution in [0.15, 0.2) is 30.3 Å². The Labute approximate surface area is 133 Å². The first-order chi connectivity index (χ1) is 10.6. The van der Waals surface area contributed by atoms with Gasteiger partial charge in [0.1, 0.15) is 0 Å². The Kier molecular flexibility index (Phi) is 3.55. The topological polar surface area (TPSA) is 41.5 Å². The normalized spacial score (nSPS) is 35.1. The van der Waals surface area contributed by atoms with Crippen molar-refractivity contribution in [1.29, 1.82) is 0 Å². The number of fused-ring (bicyclic) bond motifs is 2. The highest BCUT2D eigenvalue weighted by atomic mass is 16.5. The van der Waals surface area contributed by atoms with Gasteiger partial charge in [-0.25, -0.2) is 0 Å². The van der Waals surface area contributed by atoms with Crippen molar-refractivity contribution < 1.29 is 9.84 Å². The lowest BCUT2D eigenvalue weighted by atomic mass is 9.54. The molecule has 0 amide bonds. The molecule has 1 aliphatic heterocycles. The van der Waals surface area contributed by atoms with Gasteiger partial charge in [0.25, 0.3) is 0 Å². The Bertz CT molecular complexity index is 521. The lowest BCUT2D eigenvalue weighted by Gasteiger charge is -2.57. The number of rotatable bonds is 4. The predicted molar refractivity (Wildman–Crippen MR) is 86.6 cm³/mol. The highest BCUT2D eigenvalue weighted by molar-refractivity contribution is 5.23. The standard InChI is InChI=1S/C19H27NO2/c1-18(21,14-7-3-2-4-8-14)13-20-16-15-9-12-22-17(15)19(16)10-5-6-11-19/h2-4,7-8,15-17,20-21H,5-6,9-13H2,1H3. The summed E-state index contributed by atoms with van der Waals surface area (Å²) in [5, 5.41) is 14.6. The van der Waals surface area contributed by atoms with Gasteiger partial charge in [0, 0.05) is 30.5 Å². The van der Waals surface area contributed by atoms with Crippen LogP contribution in [0.5, 0.6) is 0 Å². The SMILES string of the molecule is CC(O)(CNC1C2CCOC2C12CCCC2)c1ccccc1. The molecule has 4 atom stereocenters. The smallest absolute Gasteiger partial charge is 0.0992 e. The van der Waals surface area contributed by atoms with Crippen molar-refractivity contribution in [3.05, 3.63) is 35.9 Å². The van der Waals surface area contributed by atoms with Crippen LogP contribution in [0.3, 0.4) is 0 Å². The molecule has 0 bridgehead atoms. The molecule has 120 valence electrons. The van der Waals surface area contributed by atoms with E-state index in [2.05, 4.69) is 5.32 Å². The molecule has 1 aromatic rings. The van der Waals surface area contributed by atoms with Crippen LogP contribution in [0.4, 0.5) is 0 Å². The Hall–Kier alpha value is -0.900. The van der Waals surface area contributed by atoms with Crippen molar-refractivity contribution in [2.75, 3.05) is 13.2 Å². The number of aliphatic hydroxyl groups is 1. The van der Waals surface area contributed by atoms with Gasteiger partial charge >= 0.3 is 0 Å². The minimum Gasteiger partial charge on any atom is -0.384 e. The maximum absolute atomic E-state index is 10.8. The summed E-state index contributed by atoms with van der Waals surface area (Å²) < 4.78 is 6.03. The van der Waals surface area contributed by atoms with Gasteiger partial charge < -0.3 is 15.2 Å². The third-order valence-corrected chi connectivity index (χ3v) is 6.35. The number of benzene rings is 1. The average molecular weight is 301 g/mol. The van der Waals surface area contributed by atoms with Crippen molar-refractivity contribution >= 4 is 0 Å². The van der Waals surface area contributed by atoms with E-state index >= 15 is 0 Å². The quantitative estimate of drug-likeness (QED) is 0.898. The van der Waals surface area contributed by atoms with Gasteiger partial charge in [-0.05, 0) is 31.7 Å². The molecule has 3 aliphatic rings. The zero-order valence-electron chi connectivity index (χ0n) is 13.4. The molecule has 0 radical (unpaired) electrons. The molecule has 3 nitrogen and oxygen atoms in total. The Morgan fingerprint density at radius 3 is 2.73 bits per heavy atom. The van der Waals surface area contributed by atoms with Crippen LogP contribution in [-0.2, 0) is 10.3 Å². The van der Waals surface area contributed by atoms with Gasteiger partial charge in [-0.1, -0.05) is 43.2 Å². The first-order valence-corrected chi connectivity index (χ1v) is 8.76. The molecular weight excluding hydrogens is 274 g/mol. The van der Waals surface area contributed by atoms with Crippen LogP contribution in [-0.4, -0.2) is 30.4 Å². The fourth-order valence-corrected chi connectivity index (χ4v) is 5.22.